The van der Waals surface area contributed by atoms with Crippen molar-refractivity contribution in [3.8, 4) is 0 Å². The van der Waals surface area contributed by atoms with E-state index in [1.165, 1.54) is 0 Å². The Morgan fingerprint density at radius 2 is 2.00 bits per heavy atom. The Labute approximate surface area is 91.6 Å². The zero-order chi connectivity index (χ0) is 12.0. The second kappa shape index (κ2) is 3.49. The highest BCUT2D eigenvalue weighted by Gasteiger charge is 2.43. The van der Waals surface area contributed by atoms with Crippen molar-refractivity contribution in [2.24, 2.45) is 0 Å². The molecular weight excluding hydrogens is 238 g/mol. The van der Waals surface area contributed by atoms with Gasteiger partial charge in [-0.25, -0.2) is 17.2 Å². The van der Waals surface area contributed by atoms with Crippen molar-refractivity contribution in [3.63, 3.8) is 0 Å². The van der Waals surface area contributed by atoms with Gasteiger partial charge in [-0.2, -0.15) is 0 Å². The Balaban J connectivity index is 2.49. The summed E-state index contributed by atoms with van der Waals surface area (Å²) in [7, 11) is -3.37. The van der Waals surface area contributed by atoms with Gasteiger partial charge in [0.2, 0.25) is 0 Å². The third-order valence-electron chi connectivity index (χ3n) is 2.72. The van der Waals surface area contributed by atoms with Gasteiger partial charge in [-0.3, -0.25) is 0 Å². The topological polar surface area (TPSA) is 54.4 Å². The van der Waals surface area contributed by atoms with E-state index in [9.17, 15) is 22.3 Å². The van der Waals surface area contributed by atoms with E-state index < -0.39 is 32.8 Å². The lowest BCUT2D eigenvalue weighted by molar-refractivity contribution is 0.0610. The summed E-state index contributed by atoms with van der Waals surface area (Å²) in [4.78, 5) is 0. The Kier molecular flexibility index (Phi) is 2.51. The molecule has 0 spiro atoms. The van der Waals surface area contributed by atoms with Crippen molar-refractivity contribution in [1.29, 1.82) is 0 Å². The number of rotatable bonds is 1. The quantitative estimate of drug-likeness (QED) is 0.805. The lowest BCUT2D eigenvalue weighted by Crippen LogP contribution is -2.28. The molecule has 6 heteroatoms. The van der Waals surface area contributed by atoms with Crippen LogP contribution in [0, 0.1) is 11.6 Å². The second-order valence-corrected chi connectivity index (χ2v) is 6.18. The summed E-state index contributed by atoms with van der Waals surface area (Å²) in [6.07, 6.45) is -0.101. The highest BCUT2D eigenvalue weighted by atomic mass is 32.2. The Bertz CT molecular complexity index is 527. The molecule has 16 heavy (non-hydrogen) atoms. The van der Waals surface area contributed by atoms with Gasteiger partial charge in [-0.15, -0.1) is 0 Å². The summed E-state index contributed by atoms with van der Waals surface area (Å²) in [6, 6.07) is 2.65. The average Bonchev–Trinajstić information content (AvgIpc) is 2.46. The van der Waals surface area contributed by atoms with E-state index in [4.69, 9.17) is 0 Å². The van der Waals surface area contributed by atoms with E-state index in [1.807, 2.05) is 0 Å². The average molecular weight is 248 g/mol. The van der Waals surface area contributed by atoms with Crippen LogP contribution in [0.2, 0.25) is 0 Å². The van der Waals surface area contributed by atoms with Crippen molar-refractivity contribution < 1.29 is 22.3 Å². The molecule has 1 aliphatic rings. The SMILES string of the molecule is O=S1(=O)CCC(O)(c2cc(F)ccc2F)C1. The van der Waals surface area contributed by atoms with Crippen molar-refractivity contribution in [2.45, 2.75) is 12.0 Å². The maximum absolute atomic E-state index is 13.4. The van der Waals surface area contributed by atoms with Crippen LogP contribution < -0.4 is 0 Å². The molecule has 1 aromatic carbocycles. The normalized spacial score (nSPS) is 28.2. The van der Waals surface area contributed by atoms with Crippen LogP contribution in [-0.2, 0) is 15.4 Å². The molecule has 1 unspecified atom stereocenters. The molecule has 1 heterocycles. The fourth-order valence-corrected chi connectivity index (χ4v) is 3.72. The number of hydrogen-bond acceptors (Lipinski definition) is 3. The molecule has 1 saturated heterocycles. The lowest BCUT2D eigenvalue weighted by Gasteiger charge is -2.21. The first-order valence-electron chi connectivity index (χ1n) is 4.71. The molecular formula is C10H10F2O3S. The zero-order valence-electron chi connectivity index (χ0n) is 8.28. The number of halogens is 2. The fraction of sp³-hybridized carbons (Fsp3) is 0.400. The van der Waals surface area contributed by atoms with Crippen LogP contribution in [0.4, 0.5) is 8.78 Å². The summed E-state index contributed by atoms with van der Waals surface area (Å²) in [5.74, 6) is -2.25. The van der Waals surface area contributed by atoms with Crippen molar-refractivity contribution in [1.82, 2.24) is 0 Å². The Morgan fingerprint density at radius 3 is 2.56 bits per heavy atom. The highest BCUT2D eigenvalue weighted by molar-refractivity contribution is 7.91. The van der Waals surface area contributed by atoms with E-state index in [2.05, 4.69) is 0 Å². The van der Waals surface area contributed by atoms with Gasteiger partial charge >= 0.3 is 0 Å². The summed E-state index contributed by atoms with van der Waals surface area (Å²) in [5, 5.41) is 10.0. The van der Waals surface area contributed by atoms with Gasteiger partial charge in [0, 0.05) is 5.56 Å². The molecule has 3 nitrogen and oxygen atoms in total. The molecule has 1 aromatic rings. The standard InChI is InChI=1S/C10H10F2O3S/c11-7-1-2-9(12)8(5-7)10(13)3-4-16(14,15)6-10/h1-2,5,13H,3-4,6H2. The van der Waals surface area contributed by atoms with Crippen molar-refractivity contribution >= 4 is 9.84 Å². The Hall–Kier alpha value is -1.01. The molecule has 2 rings (SSSR count). The van der Waals surface area contributed by atoms with Gasteiger partial charge in [0.1, 0.15) is 17.2 Å². The van der Waals surface area contributed by atoms with E-state index >= 15 is 0 Å². The maximum Gasteiger partial charge on any atom is 0.153 e. The first-order valence-corrected chi connectivity index (χ1v) is 6.53. The van der Waals surface area contributed by atoms with Gasteiger partial charge in [-0.1, -0.05) is 0 Å². The maximum atomic E-state index is 13.4. The van der Waals surface area contributed by atoms with E-state index in [1.54, 1.807) is 0 Å². The Morgan fingerprint density at radius 1 is 1.31 bits per heavy atom. The molecule has 0 aliphatic carbocycles. The van der Waals surface area contributed by atoms with Crippen LogP contribution in [0.25, 0.3) is 0 Å². The van der Waals surface area contributed by atoms with Gasteiger partial charge in [0.05, 0.1) is 11.5 Å². The van der Waals surface area contributed by atoms with Crippen LogP contribution in [0.1, 0.15) is 12.0 Å². The van der Waals surface area contributed by atoms with Gasteiger partial charge < -0.3 is 5.11 Å². The molecule has 1 atom stereocenters. The van der Waals surface area contributed by atoms with Crippen LogP contribution in [0.5, 0.6) is 0 Å². The summed E-state index contributed by atoms with van der Waals surface area (Å²) >= 11 is 0. The fourth-order valence-electron chi connectivity index (χ4n) is 1.90. The largest absolute Gasteiger partial charge is 0.384 e. The van der Waals surface area contributed by atoms with Gasteiger partial charge in [-0.05, 0) is 24.6 Å². The van der Waals surface area contributed by atoms with Crippen LogP contribution in [-0.4, -0.2) is 25.0 Å². The van der Waals surface area contributed by atoms with E-state index in [0.717, 1.165) is 18.2 Å². The molecule has 1 N–H and O–H groups in total. The van der Waals surface area contributed by atoms with Crippen LogP contribution >= 0.6 is 0 Å². The minimum atomic E-state index is -3.37. The molecule has 0 radical (unpaired) electrons. The van der Waals surface area contributed by atoms with Crippen LogP contribution in [0.15, 0.2) is 18.2 Å². The van der Waals surface area contributed by atoms with Crippen molar-refractivity contribution in [3.05, 3.63) is 35.4 Å². The van der Waals surface area contributed by atoms with E-state index in [-0.39, 0.29) is 17.7 Å². The lowest BCUT2D eigenvalue weighted by atomic mass is 9.93. The molecule has 1 fully saturated rings. The number of aliphatic hydroxyl groups is 1. The van der Waals surface area contributed by atoms with Crippen LogP contribution in [0.3, 0.4) is 0 Å². The molecule has 0 bridgehead atoms. The highest BCUT2D eigenvalue weighted by Crippen LogP contribution is 2.35. The summed E-state index contributed by atoms with van der Waals surface area (Å²) in [6.45, 7) is 0. The molecule has 0 aromatic heterocycles. The molecule has 0 saturated carbocycles. The first-order chi connectivity index (χ1) is 7.32. The zero-order valence-corrected chi connectivity index (χ0v) is 9.10. The predicted molar refractivity (Wildman–Crippen MR) is 53.5 cm³/mol. The van der Waals surface area contributed by atoms with Gasteiger partial charge in [0.15, 0.2) is 9.84 Å². The minimum Gasteiger partial charge on any atom is -0.384 e. The summed E-state index contributed by atoms with van der Waals surface area (Å²) < 4.78 is 48.8. The number of sulfone groups is 1. The molecule has 0 amide bonds. The van der Waals surface area contributed by atoms with Gasteiger partial charge in [0.25, 0.3) is 0 Å². The monoisotopic (exact) mass is 248 g/mol. The molecule has 88 valence electrons. The third kappa shape index (κ3) is 1.94. The molecule has 1 aliphatic heterocycles. The predicted octanol–water partition coefficient (Wildman–Crippen LogP) is 0.971. The van der Waals surface area contributed by atoms with E-state index in [0.29, 0.717) is 0 Å². The second-order valence-electron chi connectivity index (χ2n) is 4.00. The number of hydrogen-bond donors (Lipinski definition) is 1. The van der Waals surface area contributed by atoms with Crippen molar-refractivity contribution in [2.75, 3.05) is 11.5 Å². The third-order valence-corrected chi connectivity index (χ3v) is 4.46. The minimum absolute atomic E-state index is 0.101. The summed E-state index contributed by atoms with van der Waals surface area (Å²) in [5.41, 5.74) is -2.08. The number of benzene rings is 1. The smallest absolute Gasteiger partial charge is 0.153 e. The first kappa shape index (κ1) is 11.5.